The van der Waals surface area contributed by atoms with Gasteiger partial charge in [0, 0.05) is 55.4 Å². The van der Waals surface area contributed by atoms with Crippen molar-refractivity contribution in [2.24, 2.45) is 0 Å². The number of aromatic nitrogens is 4. The lowest BCUT2D eigenvalue weighted by Gasteiger charge is -2.34. The summed E-state index contributed by atoms with van der Waals surface area (Å²) >= 11 is 1.47. The van der Waals surface area contributed by atoms with Crippen LogP contribution in [-0.4, -0.2) is 61.8 Å². The van der Waals surface area contributed by atoms with Gasteiger partial charge in [0.15, 0.2) is 0 Å². The lowest BCUT2D eigenvalue weighted by Crippen LogP contribution is -2.48. The van der Waals surface area contributed by atoms with Gasteiger partial charge in [-0.3, -0.25) is 9.69 Å². The normalized spacial score (nSPS) is 14.8. The van der Waals surface area contributed by atoms with Gasteiger partial charge in [-0.2, -0.15) is 5.10 Å². The predicted octanol–water partition coefficient (Wildman–Crippen LogP) is 3.56. The molecule has 0 saturated carbocycles. The summed E-state index contributed by atoms with van der Waals surface area (Å²) in [6, 6.07) is 9.93. The zero-order valence-corrected chi connectivity index (χ0v) is 18.9. The van der Waals surface area contributed by atoms with Gasteiger partial charge >= 0.3 is 0 Å². The van der Waals surface area contributed by atoms with Gasteiger partial charge < -0.3 is 9.42 Å². The van der Waals surface area contributed by atoms with Gasteiger partial charge in [-0.1, -0.05) is 23.4 Å². The van der Waals surface area contributed by atoms with Crippen LogP contribution in [0.5, 0.6) is 0 Å². The van der Waals surface area contributed by atoms with E-state index in [1.165, 1.54) is 11.3 Å². The number of carbonyl (C=O) groups excluding carboxylic acids is 1. The first kappa shape index (κ1) is 20.6. The van der Waals surface area contributed by atoms with Crippen LogP contribution in [0.1, 0.15) is 27.5 Å². The molecule has 4 heterocycles. The molecular weight excluding hydrogens is 424 g/mol. The number of para-hydroxylation sites is 1. The number of piperazine rings is 1. The molecule has 0 atom stereocenters. The molecule has 8 nitrogen and oxygen atoms in total. The molecule has 0 aliphatic carbocycles. The van der Waals surface area contributed by atoms with Gasteiger partial charge in [0.05, 0.1) is 17.6 Å². The fraction of sp³-hybridized carbons (Fsp3) is 0.304. The summed E-state index contributed by atoms with van der Waals surface area (Å²) in [6.07, 6.45) is 3.73. The molecule has 0 spiro atoms. The van der Waals surface area contributed by atoms with E-state index in [0.717, 1.165) is 52.9 Å². The summed E-state index contributed by atoms with van der Waals surface area (Å²) in [5, 5.41) is 11.1. The van der Waals surface area contributed by atoms with Crippen LogP contribution in [-0.2, 0) is 6.54 Å². The third-order valence-electron chi connectivity index (χ3n) is 5.80. The summed E-state index contributed by atoms with van der Waals surface area (Å²) in [4.78, 5) is 21.8. The van der Waals surface area contributed by atoms with Crippen molar-refractivity contribution in [2.75, 3.05) is 26.2 Å². The minimum atomic E-state index is -0.0139. The zero-order valence-electron chi connectivity index (χ0n) is 18.1. The Balaban J connectivity index is 1.22. The fourth-order valence-corrected chi connectivity index (χ4v) is 4.65. The van der Waals surface area contributed by atoms with Crippen LogP contribution in [0.2, 0.25) is 0 Å². The number of amides is 1. The SMILES string of the molecule is Cc1noc(C)c1CN1CCN(C(=O)c2csc(-c3cnn(-c4ccccc4)c3)n2)CC1. The molecule has 1 aliphatic heterocycles. The minimum absolute atomic E-state index is 0.0139. The summed E-state index contributed by atoms with van der Waals surface area (Å²) in [5.41, 5.74) is 4.47. The smallest absolute Gasteiger partial charge is 0.273 e. The number of aryl methyl sites for hydroxylation is 2. The highest BCUT2D eigenvalue weighted by Crippen LogP contribution is 2.25. The Labute approximate surface area is 190 Å². The monoisotopic (exact) mass is 448 g/mol. The topological polar surface area (TPSA) is 80.3 Å². The Kier molecular flexibility index (Phi) is 5.59. The molecule has 164 valence electrons. The fourth-order valence-electron chi connectivity index (χ4n) is 3.88. The Hall–Kier alpha value is -3.30. The maximum atomic E-state index is 13.0. The van der Waals surface area contributed by atoms with Crippen molar-refractivity contribution < 1.29 is 9.32 Å². The van der Waals surface area contributed by atoms with Crippen LogP contribution in [0.15, 0.2) is 52.6 Å². The van der Waals surface area contributed by atoms with E-state index in [2.05, 4.69) is 20.1 Å². The average Bonchev–Trinajstić information content (AvgIpc) is 3.57. The maximum absolute atomic E-state index is 13.0. The summed E-state index contributed by atoms with van der Waals surface area (Å²) in [5.74, 6) is 0.853. The molecule has 5 rings (SSSR count). The molecule has 1 aliphatic rings. The van der Waals surface area contributed by atoms with Gasteiger partial charge in [0.1, 0.15) is 16.5 Å². The summed E-state index contributed by atoms with van der Waals surface area (Å²) in [6.45, 7) is 7.71. The molecule has 32 heavy (non-hydrogen) atoms. The highest BCUT2D eigenvalue weighted by molar-refractivity contribution is 7.13. The molecule has 1 aromatic carbocycles. The zero-order chi connectivity index (χ0) is 22.1. The molecule has 4 aromatic rings. The van der Waals surface area contributed by atoms with Crippen LogP contribution >= 0.6 is 11.3 Å². The number of rotatable bonds is 5. The van der Waals surface area contributed by atoms with Crippen LogP contribution in [0, 0.1) is 13.8 Å². The average molecular weight is 449 g/mol. The van der Waals surface area contributed by atoms with Gasteiger partial charge in [-0.15, -0.1) is 11.3 Å². The number of thiazole rings is 1. The van der Waals surface area contributed by atoms with E-state index in [0.29, 0.717) is 18.8 Å². The number of carbonyl (C=O) groups is 1. The number of benzene rings is 1. The molecular formula is C23H24N6O2S. The van der Waals surface area contributed by atoms with Crippen molar-refractivity contribution in [3.8, 4) is 16.3 Å². The van der Waals surface area contributed by atoms with Crippen molar-refractivity contribution in [2.45, 2.75) is 20.4 Å². The minimum Gasteiger partial charge on any atom is -0.361 e. The number of hydrogen-bond donors (Lipinski definition) is 0. The Morgan fingerprint density at radius 3 is 2.62 bits per heavy atom. The lowest BCUT2D eigenvalue weighted by molar-refractivity contribution is 0.0622. The van der Waals surface area contributed by atoms with E-state index >= 15 is 0 Å². The lowest BCUT2D eigenvalue weighted by atomic mass is 10.1. The molecule has 9 heteroatoms. The molecule has 1 amide bonds. The van der Waals surface area contributed by atoms with Crippen molar-refractivity contribution in [1.82, 2.24) is 29.7 Å². The van der Waals surface area contributed by atoms with E-state index in [1.54, 1.807) is 6.20 Å². The van der Waals surface area contributed by atoms with Crippen molar-refractivity contribution >= 4 is 17.2 Å². The van der Waals surface area contributed by atoms with Crippen LogP contribution in [0.4, 0.5) is 0 Å². The Morgan fingerprint density at radius 1 is 1.12 bits per heavy atom. The molecule has 3 aromatic heterocycles. The first-order valence-corrected chi connectivity index (χ1v) is 11.5. The molecule has 0 radical (unpaired) electrons. The molecule has 0 unspecified atom stereocenters. The van der Waals surface area contributed by atoms with Crippen molar-refractivity contribution in [3.05, 3.63) is 70.8 Å². The summed E-state index contributed by atoms with van der Waals surface area (Å²) < 4.78 is 7.08. The second-order valence-electron chi connectivity index (χ2n) is 7.92. The van der Waals surface area contributed by atoms with E-state index in [4.69, 9.17) is 4.52 Å². The third-order valence-corrected chi connectivity index (χ3v) is 6.69. The third kappa shape index (κ3) is 4.09. The molecule has 1 fully saturated rings. The quantitative estimate of drug-likeness (QED) is 0.464. The standard InChI is InChI=1S/C23H24N6O2S/c1-16-20(17(2)31-26-16)14-27-8-10-28(11-9-27)23(30)21-15-32-22(25-21)18-12-24-29(13-18)19-6-4-3-5-7-19/h3-7,12-13,15H,8-11,14H2,1-2H3. The van der Waals surface area contributed by atoms with Crippen LogP contribution in [0.25, 0.3) is 16.3 Å². The first-order chi connectivity index (χ1) is 15.6. The second kappa shape index (κ2) is 8.68. The van der Waals surface area contributed by atoms with Gasteiger partial charge in [-0.05, 0) is 26.0 Å². The summed E-state index contributed by atoms with van der Waals surface area (Å²) in [7, 11) is 0. The van der Waals surface area contributed by atoms with Crippen molar-refractivity contribution in [3.63, 3.8) is 0 Å². The van der Waals surface area contributed by atoms with E-state index in [1.807, 2.05) is 65.3 Å². The van der Waals surface area contributed by atoms with Crippen LogP contribution < -0.4 is 0 Å². The van der Waals surface area contributed by atoms with Crippen LogP contribution in [0.3, 0.4) is 0 Å². The highest BCUT2D eigenvalue weighted by atomic mass is 32.1. The van der Waals surface area contributed by atoms with Gasteiger partial charge in [0.25, 0.3) is 5.91 Å². The van der Waals surface area contributed by atoms with E-state index in [-0.39, 0.29) is 5.91 Å². The van der Waals surface area contributed by atoms with E-state index < -0.39 is 0 Å². The molecule has 0 N–H and O–H groups in total. The van der Waals surface area contributed by atoms with Gasteiger partial charge in [0.2, 0.25) is 0 Å². The second-order valence-corrected chi connectivity index (χ2v) is 8.78. The molecule has 0 bridgehead atoms. The maximum Gasteiger partial charge on any atom is 0.273 e. The number of nitrogens with zero attached hydrogens (tertiary/aromatic N) is 6. The number of hydrogen-bond acceptors (Lipinski definition) is 7. The first-order valence-electron chi connectivity index (χ1n) is 10.6. The van der Waals surface area contributed by atoms with Gasteiger partial charge in [-0.25, -0.2) is 9.67 Å². The predicted molar refractivity (Wildman–Crippen MR) is 122 cm³/mol. The molecule has 1 saturated heterocycles. The Morgan fingerprint density at radius 2 is 1.91 bits per heavy atom. The van der Waals surface area contributed by atoms with Crippen molar-refractivity contribution in [1.29, 1.82) is 0 Å². The Bertz CT molecular complexity index is 1200. The van der Waals surface area contributed by atoms with E-state index in [9.17, 15) is 4.79 Å². The highest BCUT2D eigenvalue weighted by Gasteiger charge is 2.25. The largest absolute Gasteiger partial charge is 0.361 e.